The molecule has 0 fully saturated rings. The molecule has 0 bridgehead atoms. The minimum atomic E-state index is -0.665. The lowest BCUT2D eigenvalue weighted by molar-refractivity contribution is 0.0729. The van der Waals surface area contributed by atoms with Crippen molar-refractivity contribution in [2.45, 2.75) is 6.92 Å². The molecule has 4 aromatic carbocycles. The number of amides is 1. The van der Waals surface area contributed by atoms with Crippen LogP contribution in [-0.4, -0.2) is 30.2 Å². The minimum Gasteiger partial charge on any atom is -0.493 e. The summed E-state index contributed by atoms with van der Waals surface area (Å²) in [4.78, 5) is 29.2. The maximum absolute atomic E-state index is 13.3. The lowest BCUT2D eigenvalue weighted by atomic mass is 10.0. The van der Waals surface area contributed by atoms with Crippen molar-refractivity contribution >= 4 is 63.8 Å². The fraction of sp³-hybridized carbons (Fsp3) is 0.0645. The van der Waals surface area contributed by atoms with Gasteiger partial charge in [-0.25, -0.2) is 10.2 Å². The third-order valence-electron chi connectivity index (χ3n) is 6.33. The summed E-state index contributed by atoms with van der Waals surface area (Å²) in [5.41, 5.74) is 6.91. The monoisotopic (exact) mass is 605 g/mol. The molecule has 0 aliphatic heterocycles. The van der Waals surface area contributed by atoms with Crippen molar-refractivity contribution in [3.63, 3.8) is 0 Å². The summed E-state index contributed by atoms with van der Waals surface area (Å²) in [5.74, 6) is -0.640. The van der Waals surface area contributed by atoms with E-state index in [9.17, 15) is 9.59 Å². The van der Waals surface area contributed by atoms with Crippen LogP contribution < -0.4 is 14.9 Å². The van der Waals surface area contributed by atoms with Crippen LogP contribution in [0.1, 0.15) is 32.0 Å². The van der Waals surface area contributed by atoms with E-state index in [2.05, 4.69) is 15.5 Å². The predicted molar refractivity (Wildman–Crippen MR) is 163 cm³/mol. The number of carbonyl (C=O) groups excluding carboxylic acids is 2. The normalized spacial score (nSPS) is 11.1. The Hall–Kier alpha value is -4.30. The molecular formula is C31H22Cl3N3O4. The van der Waals surface area contributed by atoms with Crippen LogP contribution in [0.3, 0.4) is 0 Å². The Bertz CT molecular complexity index is 1830. The van der Waals surface area contributed by atoms with Crippen molar-refractivity contribution in [1.29, 1.82) is 0 Å². The van der Waals surface area contributed by atoms with Gasteiger partial charge in [-0.05, 0) is 60.5 Å². The molecule has 0 spiro atoms. The van der Waals surface area contributed by atoms with E-state index in [-0.39, 0.29) is 22.1 Å². The molecule has 41 heavy (non-hydrogen) atoms. The summed E-state index contributed by atoms with van der Waals surface area (Å²) >= 11 is 18.5. The molecule has 7 nitrogen and oxygen atoms in total. The molecule has 0 saturated carbocycles. The van der Waals surface area contributed by atoms with Gasteiger partial charge in [0.05, 0.1) is 23.9 Å². The van der Waals surface area contributed by atoms with E-state index in [1.54, 1.807) is 30.3 Å². The van der Waals surface area contributed by atoms with Crippen molar-refractivity contribution in [3.05, 3.63) is 116 Å². The number of H-pyrrole nitrogens is 1. The number of hydrogen-bond donors (Lipinski definition) is 2. The summed E-state index contributed by atoms with van der Waals surface area (Å²) < 4.78 is 10.9. The van der Waals surface area contributed by atoms with Gasteiger partial charge < -0.3 is 14.5 Å². The number of para-hydroxylation sites is 1. The number of benzene rings is 4. The number of esters is 1. The highest BCUT2D eigenvalue weighted by molar-refractivity contribution is 6.36. The molecule has 0 aliphatic carbocycles. The molecule has 2 N–H and O–H groups in total. The average Bonchev–Trinajstić information content (AvgIpc) is 3.34. The fourth-order valence-electron chi connectivity index (χ4n) is 4.36. The van der Waals surface area contributed by atoms with Crippen LogP contribution in [0.25, 0.3) is 22.0 Å². The molecule has 5 rings (SSSR count). The van der Waals surface area contributed by atoms with E-state index in [1.165, 1.54) is 25.5 Å². The van der Waals surface area contributed by atoms with Crippen LogP contribution in [-0.2, 0) is 0 Å². The van der Waals surface area contributed by atoms with Gasteiger partial charge in [0.25, 0.3) is 5.91 Å². The summed E-state index contributed by atoms with van der Waals surface area (Å²) in [6.45, 7) is 1.97. The van der Waals surface area contributed by atoms with E-state index in [4.69, 9.17) is 44.3 Å². The van der Waals surface area contributed by atoms with E-state index >= 15 is 0 Å². The third-order valence-corrected chi connectivity index (χ3v) is 7.21. The number of carbonyl (C=O) groups is 2. The van der Waals surface area contributed by atoms with Crippen molar-refractivity contribution in [1.82, 2.24) is 10.4 Å². The standard InChI is InChI=1S/C31H22Cl3N3O4/c1-17-6-5-8-22-27(20-7-3-4-9-23(20)33)29(36-28(17)22)30(38)37-35-16-18-10-13-25(26(14-18)40-2)41-31(39)21-12-11-19(32)15-24(21)34/h3-16,36H,1-2H3,(H,37,38). The first-order valence-electron chi connectivity index (χ1n) is 12.3. The van der Waals surface area contributed by atoms with Gasteiger partial charge in [0.1, 0.15) is 5.69 Å². The molecule has 206 valence electrons. The largest absolute Gasteiger partial charge is 0.493 e. The summed E-state index contributed by atoms with van der Waals surface area (Å²) in [6, 6.07) is 22.5. The Morgan fingerprint density at radius 3 is 2.46 bits per heavy atom. The second-order valence-corrected chi connectivity index (χ2v) is 10.2. The van der Waals surface area contributed by atoms with Gasteiger partial charge in [0.2, 0.25) is 0 Å². The number of methoxy groups -OCH3 is 1. The number of aromatic amines is 1. The number of halogens is 3. The first-order valence-corrected chi connectivity index (χ1v) is 13.4. The quantitative estimate of drug-likeness (QED) is 0.0847. The SMILES string of the molecule is COc1cc(C=NNC(=O)c2[nH]c3c(C)cccc3c2-c2ccccc2Cl)ccc1OC(=O)c1ccc(Cl)cc1Cl. The van der Waals surface area contributed by atoms with Gasteiger partial charge in [-0.1, -0.05) is 71.2 Å². The van der Waals surface area contributed by atoms with Crippen molar-refractivity contribution in [3.8, 4) is 22.6 Å². The number of fused-ring (bicyclic) bond motifs is 1. The van der Waals surface area contributed by atoms with Gasteiger partial charge >= 0.3 is 5.97 Å². The van der Waals surface area contributed by atoms with E-state index in [0.29, 0.717) is 26.9 Å². The van der Waals surface area contributed by atoms with Gasteiger partial charge in [0.15, 0.2) is 11.5 Å². The number of hydrazone groups is 1. The van der Waals surface area contributed by atoms with Crippen LogP contribution in [0.4, 0.5) is 0 Å². The van der Waals surface area contributed by atoms with Crippen molar-refractivity contribution in [2.75, 3.05) is 7.11 Å². The number of ether oxygens (including phenoxy) is 2. The Morgan fingerprint density at radius 1 is 0.902 bits per heavy atom. The maximum Gasteiger partial charge on any atom is 0.345 e. The van der Waals surface area contributed by atoms with Gasteiger partial charge in [-0.2, -0.15) is 5.10 Å². The molecule has 0 unspecified atom stereocenters. The van der Waals surface area contributed by atoms with Crippen LogP contribution in [0.15, 0.2) is 84.0 Å². The molecule has 5 aromatic rings. The van der Waals surface area contributed by atoms with Gasteiger partial charge in [-0.15, -0.1) is 0 Å². The van der Waals surface area contributed by atoms with Crippen LogP contribution in [0, 0.1) is 6.92 Å². The molecule has 1 amide bonds. The zero-order valence-corrected chi connectivity index (χ0v) is 24.1. The van der Waals surface area contributed by atoms with E-state index < -0.39 is 11.9 Å². The number of nitrogens with zero attached hydrogens (tertiary/aromatic N) is 1. The minimum absolute atomic E-state index is 0.162. The molecule has 10 heteroatoms. The van der Waals surface area contributed by atoms with Crippen molar-refractivity contribution < 1.29 is 19.1 Å². The zero-order valence-electron chi connectivity index (χ0n) is 21.8. The number of nitrogens with one attached hydrogen (secondary N) is 2. The highest BCUT2D eigenvalue weighted by atomic mass is 35.5. The van der Waals surface area contributed by atoms with Crippen LogP contribution >= 0.6 is 34.8 Å². The number of aryl methyl sites for hydroxylation is 1. The first kappa shape index (κ1) is 28.2. The molecule has 0 radical (unpaired) electrons. The smallest absolute Gasteiger partial charge is 0.345 e. The second kappa shape index (κ2) is 12.1. The molecular weight excluding hydrogens is 585 g/mol. The lowest BCUT2D eigenvalue weighted by Gasteiger charge is -2.10. The topological polar surface area (TPSA) is 92.8 Å². The Balaban J connectivity index is 1.37. The van der Waals surface area contributed by atoms with E-state index in [1.807, 2.05) is 43.3 Å². The summed E-state index contributed by atoms with van der Waals surface area (Å²) in [5, 5.41) is 6.11. The molecule has 0 atom stereocenters. The fourth-order valence-corrected chi connectivity index (χ4v) is 5.07. The van der Waals surface area contributed by atoms with Gasteiger partial charge in [0, 0.05) is 32.1 Å². The molecule has 0 saturated heterocycles. The Kier molecular flexibility index (Phi) is 8.31. The highest BCUT2D eigenvalue weighted by Crippen LogP contribution is 2.37. The third kappa shape index (κ3) is 5.93. The van der Waals surface area contributed by atoms with Gasteiger partial charge in [-0.3, -0.25) is 4.79 Å². The van der Waals surface area contributed by atoms with E-state index in [0.717, 1.165) is 22.0 Å². The van der Waals surface area contributed by atoms with Crippen LogP contribution in [0.5, 0.6) is 11.5 Å². The average molecular weight is 607 g/mol. The predicted octanol–water partition coefficient (Wildman–Crippen LogP) is 8.10. The molecule has 1 heterocycles. The van der Waals surface area contributed by atoms with Crippen molar-refractivity contribution in [2.24, 2.45) is 5.10 Å². The highest BCUT2D eigenvalue weighted by Gasteiger charge is 2.21. The maximum atomic E-state index is 13.3. The number of rotatable bonds is 7. The number of aromatic nitrogens is 1. The molecule has 1 aromatic heterocycles. The lowest BCUT2D eigenvalue weighted by Crippen LogP contribution is -2.19. The summed E-state index contributed by atoms with van der Waals surface area (Å²) in [6.07, 6.45) is 1.45. The van der Waals surface area contributed by atoms with Crippen LogP contribution in [0.2, 0.25) is 15.1 Å². The molecule has 0 aliphatic rings. The number of hydrogen-bond acceptors (Lipinski definition) is 5. The Morgan fingerprint density at radius 2 is 1.71 bits per heavy atom. The zero-order chi connectivity index (χ0) is 29.1. The first-order chi connectivity index (χ1) is 19.8. The second-order valence-electron chi connectivity index (χ2n) is 8.98. The summed E-state index contributed by atoms with van der Waals surface area (Å²) in [7, 11) is 1.44. The Labute approximate surface area is 250 Å².